The predicted octanol–water partition coefficient (Wildman–Crippen LogP) is 0.876. The summed E-state index contributed by atoms with van der Waals surface area (Å²) in [6.45, 7) is 1.44. The number of sulfonamides is 1. The predicted molar refractivity (Wildman–Crippen MR) is 72.3 cm³/mol. The molecule has 7 nitrogen and oxygen atoms in total. The third-order valence-corrected chi connectivity index (χ3v) is 5.54. The fourth-order valence-electron chi connectivity index (χ4n) is 1.58. The van der Waals surface area contributed by atoms with Gasteiger partial charge in [0.15, 0.2) is 0 Å². The maximum Gasteiger partial charge on any atom is 0.347 e. The standard InChI is InChI=1S/C11H15NO6S2/c1-7(11(15)18-3)6-12(2)20(16,17)8-4-5-19-9(8)10(13)14/h4-5,7H,6H2,1-3H3,(H,13,14). The number of ether oxygens (including phenoxy) is 1. The Hall–Kier alpha value is -1.45. The van der Waals surface area contributed by atoms with Crippen molar-refractivity contribution < 1.29 is 27.9 Å². The summed E-state index contributed by atoms with van der Waals surface area (Å²) >= 11 is 0.835. The first kappa shape index (κ1) is 16.6. The zero-order valence-corrected chi connectivity index (χ0v) is 12.8. The molecule has 1 aromatic rings. The van der Waals surface area contributed by atoms with E-state index in [2.05, 4.69) is 4.74 Å². The molecule has 0 radical (unpaired) electrons. The van der Waals surface area contributed by atoms with Crippen molar-refractivity contribution in [2.24, 2.45) is 5.92 Å². The average Bonchev–Trinajstić information content (AvgIpc) is 2.87. The van der Waals surface area contributed by atoms with Crippen LogP contribution < -0.4 is 0 Å². The molecule has 0 fully saturated rings. The van der Waals surface area contributed by atoms with Crippen molar-refractivity contribution in [2.45, 2.75) is 11.8 Å². The third-order valence-electron chi connectivity index (χ3n) is 2.65. The maximum absolute atomic E-state index is 12.3. The summed E-state index contributed by atoms with van der Waals surface area (Å²) < 4.78 is 30.0. The molecule has 0 spiro atoms. The van der Waals surface area contributed by atoms with Crippen LogP contribution in [0.4, 0.5) is 0 Å². The van der Waals surface area contributed by atoms with Crippen molar-refractivity contribution in [2.75, 3.05) is 20.7 Å². The molecule has 0 aliphatic rings. The van der Waals surface area contributed by atoms with Gasteiger partial charge in [0.1, 0.15) is 9.77 Å². The van der Waals surface area contributed by atoms with Crippen LogP contribution in [0.15, 0.2) is 16.3 Å². The van der Waals surface area contributed by atoms with E-state index in [1.165, 1.54) is 32.5 Å². The highest BCUT2D eigenvalue weighted by Crippen LogP contribution is 2.25. The van der Waals surface area contributed by atoms with Gasteiger partial charge in [-0.1, -0.05) is 6.92 Å². The van der Waals surface area contributed by atoms with Crippen LogP contribution in [0, 0.1) is 5.92 Å². The Balaban J connectivity index is 3.01. The van der Waals surface area contributed by atoms with Gasteiger partial charge in [-0.25, -0.2) is 17.5 Å². The molecular weight excluding hydrogens is 306 g/mol. The molecule has 1 unspecified atom stereocenters. The van der Waals surface area contributed by atoms with Gasteiger partial charge >= 0.3 is 11.9 Å². The summed E-state index contributed by atoms with van der Waals surface area (Å²) in [6, 6.07) is 1.24. The van der Waals surface area contributed by atoms with Crippen molar-refractivity contribution in [1.82, 2.24) is 4.31 Å². The van der Waals surface area contributed by atoms with Crippen LogP contribution in [0.2, 0.25) is 0 Å². The number of carbonyl (C=O) groups excluding carboxylic acids is 1. The van der Waals surface area contributed by atoms with Crippen LogP contribution in [0.1, 0.15) is 16.6 Å². The molecule has 1 heterocycles. The van der Waals surface area contributed by atoms with Gasteiger partial charge in [0, 0.05) is 13.6 Å². The van der Waals surface area contributed by atoms with E-state index in [9.17, 15) is 18.0 Å². The van der Waals surface area contributed by atoms with E-state index in [0.29, 0.717) is 0 Å². The van der Waals surface area contributed by atoms with Crippen LogP contribution in [0.25, 0.3) is 0 Å². The second kappa shape index (κ2) is 6.33. The molecule has 9 heteroatoms. The van der Waals surface area contributed by atoms with E-state index >= 15 is 0 Å². The van der Waals surface area contributed by atoms with Gasteiger partial charge < -0.3 is 9.84 Å². The molecule has 1 rings (SSSR count). The number of hydrogen-bond donors (Lipinski definition) is 1. The smallest absolute Gasteiger partial charge is 0.347 e. The summed E-state index contributed by atoms with van der Waals surface area (Å²) in [5.74, 6) is -2.48. The highest BCUT2D eigenvalue weighted by atomic mass is 32.2. The molecule has 0 aliphatic carbocycles. The van der Waals surface area contributed by atoms with E-state index in [0.717, 1.165) is 15.6 Å². The zero-order valence-electron chi connectivity index (χ0n) is 11.2. The second-order valence-electron chi connectivity index (χ2n) is 4.13. The highest BCUT2D eigenvalue weighted by Gasteiger charge is 2.30. The number of hydrogen-bond acceptors (Lipinski definition) is 6. The second-order valence-corrected chi connectivity index (χ2v) is 7.06. The Labute approximate surface area is 120 Å². The van der Waals surface area contributed by atoms with Gasteiger partial charge in [-0.15, -0.1) is 11.3 Å². The highest BCUT2D eigenvalue weighted by molar-refractivity contribution is 7.89. The van der Waals surface area contributed by atoms with E-state index in [4.69, 9.17) is 5.11 Å². The minimum atomic E-state index is -3.95. The largest absolute Gasteiger partial charge is 0.477 e. The summed E-state index contributed by atoms with van der Waals surface area (Å²) in [7, 11) is -1.45. The lowest BCUT2D eigenvalue weighted by atomic mass is 10.2. The van der Waals surface area contributed by atoms with Crippen molar-refractivity contribution in [1.29, 1.82) is 0 Å². The number of methoxy groups -OCH3 is 1. The van der Waals surface area contributed by atoms with Gasteiger partial charge in [-0.05, 0) is 11.4 Å². The fraction of sp³-hybridized carbons (Fsp3) is 0.455. The molecule has 0 bridgehead atoms. The van der Waals surface area contributed by atoms with Crippen LogP contribution in [-0.2, 0) is 19.6 Å². The lowest BCUT2D eigenvalue weighted by Gasteiger charge is -2.19. The third kappa shape index (κ3) is 3.35. The monoisotopic (exact) mass is 321 g/mol. The van der Waals surface area contributed by atoms with Crippen LogP contribution in [0.5, 0.6) is 0 Å². The van der Waals surface area contributed by atoms with Gasteiger partial charge in [-0.3, -0.25) is 4.79 Å². The lowest BCUT2D eigenvalue weighted by molar-refractivity contribution is -0.144. The topological polar surface area (TPSA) is 101 Å². The Morgan fingerprint density at radius 1 is 1.50 bits per heavy atom. The number of carboxylic acids is 1. The molecule has 112 valence electrons. The van der Waals surface area contributed by atoms with E-state index in [1.54, 1.807) is 0 Å². The molecule has 0 aromatic carbocycles. The minimum absolute atomic E-state index is 0.0933. The molecule has 0 saturated carbocycles. The normalized spacial score (nSPS) is 13.2. The molecule has 1 aromatic heterocycles. The van der Waals surface area contributed by atoms with Crippen LogP contribution >= 0.6 is 11.3 Å². The van der Waals surface area contributed by atoms with Crippen molar-refractivity contribution in [3.8, 4) is 0 Å². The van der Waals surface area contributed by atoms with E-state index in [-0.39, 0.29) is 16.3 Å². The molecule has 0 saturated heterocycles. The number of nitrogens with zero attached hydrogens (tertiary/aromatic N) is 1. The Morgan fingerprint density at radius 2 is 2.10 bits per heavy atom. The van der Waals surface area contributed by atoms with Gasteiger partial charge in [0.2, 0.25) is 10.0 Å². The number of carbonyl (C=O) groups is 2. The van der Waals surface area contributed by atoms with Crippen LogP contribution in [0.3, 0.4) is 0 Å². The lowest BCUT2D eigenvalue weighted by Crippen LogP contribution is -2.34. The molecule has 0 aliphatic heterocycles. The summed E-state index contributed by atoms with van der Waals surface area (Å²) in [4.78, 5) is 21.8. The summed E-state index contributed by atoms with van der Waals surface area (Å²) in [6.07, 6.45) is 0. The Bertz CT molecular complexity index is 606. The maximum atomic E-state index is 12.3. The fourth-order valence-corrected chi connectivity index (χ4v) is 4.07. The SMILES string of the molecule is COC(=O)C(C)CN(C)S(=O)(=O)c1ccsc1C(=O)O. The van der Waals surface area contributed by atoms with Gasteiger partial charge in [-0.2, -0.15) is 0 Å². The Morgan fingerprint density at radius 3 is 2.60 bits per heavy atom. The Kier molecular flexibility index (Phi) is 5.26. The van der Waals surface area contributed by atoms with Crippen molar-refractivity contribution in [3.63, 3.8) is 0 Å². The first-order valence-electron chi connectivity index (χ1n) is 5.56. The van der Waals surface area contributed by atoms with Gasteiger partial charge in [0.25, 0.3) is 0 Å². The number of carboxylic acid groups (broad SMARTS) is 1. The molecule has 1 atom stereocenters. The van der Waals surface area contributed by atoms with Gasteiger partial charge in [0.05, 0.1) is 13.0 Å². The van der Waals surface area contributed by atoms with Crippen molar-refractivity contribution in [3.05, 3.63) is 16.3 Å². The summed E-state index contributed by atoms with van der Waals surface area (Å²) in [5.41, 5.74) is 0. The van der Waals surface area contributed by atoms with Crippen LogP contribution in [-0.4, -0.2) is 50.5 Å². The zero-order chi connectivity index (χ0) is 15.5. The molecule has 1 N–H and O–H groups in total. The number of rotatable bonds is 6. The first-order chi connectivity index (χ1) is 9.21. The van der Waals surface area contributed by atoms with E-state index < -0.39 is 27.9 Å². The number of esters is 1. The first-order valence-corrected chi connectivity index (χ1v) is 7.88. The number of aromatic carboxylic acids is 1. The minimum Gasteiger partial charge on any atom is -0.477 e. The quantitative estimate of drug-likeness (QED) is 0.780. The summed E-state index contributed by atoms with van der Waals surface area (Å²) in [5, 5.41) is 10.4. The average molecular weight is 321 g/mol. The van der Waals surface area contributed by atoms with E-state index in [1.807, 2.05) is 0 Å². The molecule has 20 heavy (non-hydrogen) atoms. The number of thiophene rings is 1. The molecular formula is C11H15NO6S2. The molecule has 0 amide bonds. The van der Waals surface area contributed by atoms with Crippen molar-refractivity contribution >= 4 is 33.3 Å².